The van der Waals surface area contributed by atoms with Crippen molar-refractivity contribution in [3.63, 3.8) is 0 Å². The van der Waals surface area contributed by atoms with E-state index in [0.29, 0.717) is 19.3 Å². The Hall–Kier alpha value is -1.00. The van der Waals surface area contributed by atoms with E-state index in [1.165, 1.54) is 19.3 Å². The lowest BCUT2D eigenvalue weighted by Gasteiger charge is -2.24. The second-order valence-electron chi connectivity index (χ2n) is 5.56. The minimum Gasteiger partial charge on any atom is -0.389 e. The molecule has 0 radical (unpaired) electrons. The minimum absolute atomic E-state index is 0.360. The van der Waals surface area contributed by atoms with Gasteiger partial charge in [0, 0.05) is 11.4 Å². The third-order valence-corrected chi connectivity index (χ3v) is 3.83. The molecule has 4 nitrogen and oxygen atoms in total. The topological polar surface area (TPSA) is 46.4 Å². The first-order valence-electron chi connectivity index (χ1n) is 7.35. The molecule has 1 atom stereocenters. The highest BCUT2D eigenvalue weighted by atomic mass is 16.5. The number of nitrogens with one attached hydrogen (secondary N) is 1. The van der Waals surface area contributed by atoms with Gasteiger partial charge in [0.25, 0.3) is 0 Å². The molecule has 1 aliphatic rings. The molecule has 0 spiro atoms. The summed E-state index contributed by atoms with van der Waals surface area (Å²) in [6.45, 7) is 5.04. The molecule has 0 aliphatic heterocycles. The van der Waals surface area contributed by atoms with E-state index in [9.17, 15) is 5.11 Å². The maximum absolute atomic E-state index is 9.96. The van der Waals surface area contributed by atoms with Crippen molar-refractivity contribution in [2.24, 2.45) is 0 Å². The Balaban J connectivity index is 1.68. The molecule has 0 bridgehead atoms. The molecule has 1 aromatic heterocycles. The highest BCUT2D eigenvalue weighted by Gasteiger charge is 2.15. The molecule has 108 valence electrons. The Kier molecular flexibility index (Phi) is 5.28. The van der Waals surface area contributed by atoms with Crippen LogP contribution in [0, 0.1) is 13.8 Å². The van der Waals surface area contributed by atoms with Crippen LogP contribution < -0.4 is 5.43 Å². The van der Waals surface area contributed by atoms with Gasteiger partial charge in [0.15, 0.2) is 0 Å². The van der Waals surface area contributed by atoms with Crippen LogP contribution in [0.2, 0.25) is 0 Å². The Morgan fingerprint density at radius 2 is 1.89 bits per heavy atom. The molecule has 1 heterocycles. The lowest BCUT2D eigenvalue weighted by Crippen LogP contribution is -2.32. The highest BCUT2D eigenvalue weighted by molar-refractivity contribution is 5.15. The Morgan fingerprint density at radius 3 is 2.53 bits per heavy atom. The van der Waals surface area contributed by atoms with Gasteiger partial charge in [-0.25, -0.2) is 0 Å². The summed E-state index contributed by atoms with van der Waals surface area (Å²) >= 11 is 0. The number of hydrogen-bond donors (Lipinski definition) is 2. The molecule has 1 fully saturated rings. The zero-order valence-corrected chi connectivity index (χ0v) is 12.1. The fourth-order valence-corrected chi connectivity index (χ4v) is 2.65. The first-order valence-corrected chi connectivity index (χ1v) is 7.35. The Morgan fingerprint density at radius 1 is 1.26 bits per heavy atom. The molecule has 1 unspecified atom stereocenters. The summed E-state index contributed by atoms with van der Waals surface area (Å²) in [6.07, 6.45) is 6.06. The molecule has 0 aromatic carbocycles. The van der Waals surface area contributed by atoms with Crippen LogP contribution in [-0.4, -0.2) is 35.1 Å². The van der Waals surface area contributed by atoms with Crippen LogP contribution in [0.4, 0.5) is 0 Å². The third-order valence-electron chi connectivity index (χ3n) is 3.83. The average molecular weight is 266 g/mol. The molecule has 1 saturated carbocycles. The summed E-state index contributed by atoms with van der Waals surface area (Å²) in [5.74, 6) is 0. The lowest BCUT2D eigenvalue weighted by molar-refractivity contribution is -0.0201. The van der Waals surface area contributed by atoms with Gasteiger partial charge in [0.05, 0.1) is 25.4 Å². The summed E-state index contributed by atoms with van der Waals surface area (Å²) in [5, 5.41) is 9.96. The maximum atomic E-state index is 9.96. The van der Waals surface area contributed by atoms with E-state index in [0.717, 1.165) is 24.2 Å². The number of ether oxygens (including phenoxy) is 1. The number of aliphatic hydroxyl groups is 1. The number of aryl methyl sites for hydroxylation is 2. The van der Waals surface area contributed by atoms with Crippen LogP contribution >= 0.6 is 0 Å². The number of rotatable bonds is 6. The Labute approximate surface area is 115 Å². The van der Waals surface area contributed by atoms with Crippen molar-refractivity contribution in [1.82, 2.24) is 4.68 Å². The normalized spacial score (nSPS) is 18.5. The van der Waals surface area contributed by atoms with E-state index < -0.39 is 6.10 Å². The zero-order valence-electron chi connectivity index (χ0n) is 12.1. The van der Waals surface area contributed by atoms with Crippen LogP contribution in [0.5, 0.6) is 0 Å². The van der Waals surface area contributed by atoms with E-state index in [-0.39, 0.29) is 0 Å². The fourth-order valence-electron chi connectivity index (χ4n) is 2.65. The summed E-state index contributed by atoms with van der Waals surface area (Å²) in [6, 6.07) is 4.13. The standard InChI is InChI=1S/C15H26N2O2/c1-12-8-9-13(2)17(12)16-10-14(18)11-19-15-6-4-3-5-7-15/h8-9,14-16,18H,3-7,10-11H2,1-2H3. The van der Waals surface area contributed by atoms with Gasteiger partial charge < -0.3 is 15.3 Å². The fraction of sp³-hybridized carbons (Fsp3) is 0.733. The number of aliphatic hydroxyl groups excluding tert-OH is 1. The van der Waals surface area contributed by atoms with Crippen molar-refractivity contribution in [3.8, 4) is 0 Å². The van der Waals surface area contributed by atoms with Crippen LogP contribution in [0.1, 0.15) is 43.5 Å². The molecular weight excluding hydrogens is 240 g/mol. The Bertz CT molecular complexity index is 364. The van der Waals surface area contributed by atoms with Crippen molar-refractivity contribution in [2.45, 2.75) is 58.2 Å². The summed E-state index contributed by atoms with van der Waals surface area (Å²) in [5.41, 5.74) is 5.54. The van der Waals surface area contributed by atoms with Crippen molar-refractivity contribution in [2.75, 3.05) is 18.6 Å². The predicted molar refractivity (Wildman–Crippen MR) is 77.0 cm³/mol. The van der Waals surface area contributed by atoms with Crippen molar-refractivity contribution in [3.05, 3.63) is 23.5 Å². The van der Waals surface area contributed by atoms with E-state index >= 15 is 0 Å². The molecular formula is C15H26N2O2. The molecule has 19 heavy (non-hydrogen) atoms. The number of nitrogens with zero attached hydrogens (tertiary/aromatic N) is 1. The van der Waals surface area contributed by atoms with Gasteiger partial charge in [0.2, 0.25) is 0 Å². The predicted octanol–water partition coefficient (Wildman–Crippen LogP) is 2.36. The van der Waals surface area contributed by atoms with Gasteiger partial charge >= 0.3 is 0 Å². The van der Waals surface area contributed by atoms with E-state index in [1.54, 1.807) is 0 Å². The maximum Gasteiger partial charge on any atom is 0.0961 e. The van der Waals surface area contributed by atoms with E-state index in [4.69, 9.17) is 4.74 Å². The SMILES string of the molecule is Cc1ccc(C)n1NCC(O)COC1CCCCC1. The zero-order chi connectivity index (χ0) is 13.7. The molecule has 2 rings (SSSR count). The molecule has 0 amide bonds. The van der Waals surface area contributed by atoms with Gasteiger partial charge in [0.1, 0.15) is 0 Å². The first-order chi connectivity index (χ1) is 9.16. The average Bonchev–Trinajstić information content (AvgIpc) is 2.75. The molecule has 2 N–H and O–H groups in total. The molecule has 1 aromatic rings. The van der Waals surface area contributed by atoms with Gasteiger partial charge in [-0.3, -0.25) is 4.68 Å². The second kappa shape index (κ2) is 6.96. The van der Waals surface area contributed by atoms with Crippen molar-refractivity contribution < 1.29 is 9.84 Å². The molecule has 0 saturated heterocycles. The van der Waals surface area contributed by atoms with Gasteiger partial charge in [-0.2, -0.15) is 0 Å². The summed E-state index contributed by atoms with van der Waals surface area (Å²) in [7, 11) is 0. The largest absolute Gasteiger partial charge is 0.389 e. The van der Waals surface area contributed by atoms with Crippen LogP contribution in [-0.2, 0) is 4.74 Å². The van der Waals surface area contributed by atoms with Gasteiger partial charge in [-0.05, 0) is 38.8 Å². The monoisotopic (exact) mass is 266 g/mol. The first kappa shape index (κ1) is 14.4. The summed E-state index contributed by atoms with van der Waals surface area (Å²) < 4.78 is 7.78. The highest BCUT2D eigenvalue weighted by Crippen LogP contribution is 2.20. The van der Waals surface area contributed by atoms with Crippen LogP contribution in [0.3, 0.4) is 0 Å². The number of aromatic nitrogens is 1. The molecule has 1 aliphatic carbocycles. The summed E-state index contributed by atoms with van der Waals surface area (Å²) in [4.78, 5) is 0. The smallest absolute Gasteiger partial charge is 0.0961 e. The quantitative estimate of drug-likeness (QED) is 0.831. The number of hydrogen-bond acceptors (Lipinski definition) is 3. The van der Waals surface area contributed by atoms with Crippen molar-refractivity contribution in [1.29, 1.82) is 0 Å². The van der Waals surface area contributed by atoms with E-state index in [1.807, 2.05) is 18.5 Å². The second-order valence-corrected chi connectivity index (χ2v) is 5.56. The lowest BCUT2D eigenvalue weighted by atomic mass is 9.98. The van der Waals surface area contributed by atoms with Gasteiger partial charge in [-0.15, -0.1) is 0 Å². The van der Waals surface area contributed by atoms with Gasteiger partial charge in [-0.1, -0.05) is 19.3 Å². The third kappa shape index (κ3) is 4.25. The van der Waals surface area contributed by atoms with Crippen molar-refractivity contribution >= 4 is 0 Å². The minimum atomic E-state index is -0.455. The van der Waals surface area contributed by atoms with E-state index in [2.05, 4.69) is 17.6 Å². The molecule has 4 heteroatoms. The van der Waals surface area contributed by atoms with Crippen LogP contribution in [0.15, 0.2) is 12.1 Å². The van der Waals surface area contributed by atoms with Crippen LogP contribution in [0.25, 0.3) is 0 Å².